The first-order chi connectivity index (χ1) is 9.88. The lowest BCUT2D eigenvalue weighted by Gasteiger charge is -2.23. The van der Waals surface area contributed by atoms with Gasteiger partial charge in [-0.1, -0.05) is 29.8 Å². The summed E-state index contributed by atoms with van der Waals surface area (Å²) in [6.45, 7) is 5.33. The Labute approximate surface area is 127 Å². The van der Waals surface area contributed by atoms with Gasteiger partial charge in [0.05, 0.1) is 5.41 Å². The number of hydrogen-bond donors (Lipinski definition) is 1. The summed E-state index contributed by atoms with van der Waals surface area (Å²) in [4.78, 5) is 20.9. The molecule has 1 N–H and O–H groups in total. The van der Waals surface area contributed by atoms with Crippen molar-refractivity contribution >= 4 is 13.6 Å². The standard InChI is InChI=1S/C14H19F2O5P/c1-10-5-7-11(8-6-10)14(15,16)22(18,19)21-9-20-12(17)13(2,3)4/h5-8H,9H2,1-4H3,(H,18,19). The van der Waals surface area contributed by atoms with Crippen LogP contribution in [0, 0.1) is 12.3 Å². The molecule has 0 fully saturated rings. The van der Waals surface area contributed by atoms with Gasteiger partial charge in [-0.2, -0.15) is 8.78 Å². The van der Waals surface area contributed by atoms with Crippen LogP contribution in [0.2, 0.25) is 0 Å². The summed E-state index contributed by atoms with van der Waals surface area (Å²) in [5.41, 5.74) is -4.89. The van der Waals surface area contributed by atoms with Crippen LogP contribution in [0.3, 0.4) is 0 Å². The van der Waals surface area contributed by atoms with Gasteiger partial charge in [0.2, 0.25) is 6.79 Å². The molecule has 0 aliphatic rings. The molecular weight excluding hydrogens is 317 g/mol. The van der Waals surface area contributed by atoms with Crippen molar-refractivity contribution in [3.8, 4) is 0 Å². The van der Waals surface area contributed by atoms with Crippen molar-refractivity contribution in [1.29, 1.82) is 0 Å². The Hall–Kier alpha value is -1.30. The second-order valence-electron chi connectivity index (χ2n) is 5.86. The molecule has 1 aromatic rings. The molecule has 1 atom stereocenters. The van der Waals surface area contributed by atoms with Crippen molar-refractivity contribution in [2.75, 3.05) is 6.79 Å². The van der Waals surface area contributed by atoms with Gasteiger partial charge in [0.1, 0.15) is 0 Å². The third-order valence-corrected chi connectivity index (χ3v) is 4.21. The van der Waals surface area contributed by atoms with E-state index in [1.165, 1.54) is 12.1 Å². The molecule has 0 aliphatic heterocycles. The number of aryl methyl sites for hydroxylation is 1. The first kappa shape index (κ1) is 18.7. The van der Waals surface area contributed by atoms with Crippen LogP contribution in [0.25, 0.3) is 0 Å². The number of esters is 1. The van der Waals surface area contributed by atoms with Gasteiger partial charge in [-0.15, -0.1) is 0 Å². The van der Waals surface area contributed by atoms with Gasteiger partial charge >= 0.3 is 19.2 Å². The summed E-state index contributed by atoms with van der Waals surface area (Å²) in [7, 11) is -5.35. The van der Waals surface area contributed by atoms with Gasteiger partial charge in [0.15, 0.2) is 0 Å². The number of ether oxygens (including phenoxy) is 1. The molecule has 0 aliphatic carbocycles. The van der Waals surface area contributed by atoms with Gasteiger partial charge < -0.3 is 9.63 Å². The fraction of sp³-hybridized carbons (Fsp3) is 0.500. The summed E-state index contributed by atoms with van der Waals surface area (Å²) in [6.07, 6.45) is 0. The van der Waals surface area contributed by atoms with E-state index in [1.807, 2.05) is 0 Å². The number of carbonyl (C=O) groups is 1. The van der Waals surface area contributed by atoms with Crippen molar-refractivity contribution < 1.29 is 32.3 Å². The summed E-state index contributed by atoms with van der Waals surface area (Å²) < 4.78 is 48.7. The summed E-state index contributed by atoms with van der Waals surface area (Å²) in [6, 6.07) is 4.87. The van der Waals surface area contributed by atoms with Crippen LogP contribution in [-0.4, -0.2) is 17.7 Å². The molecule has 0 spiro atoms. The van der Waals surface area contributed by atoms with Crippen LogP contribution >= 0.6 is 7.60 Å². The Morgan fingerprint density at radius 3 is 2.18 bits per heavy atom. The Morgan fingerprint density at radius 1 is 1.23 bits per heavy atom. The molecule has 0 aromatic heterocycles. The van der Waals surface area contributed by atoms with E-state index in [1.54, 1.807) is 27.7 Å². The Kier molecular flexibility index (Phi) is 5.49. The maximum absolute atomic E-state index is 14.0. The molecule has 22 heavy (non-hydrogen) atoms. The Morgan fingerprint density at radius 2 is 1.73 bits per heavy atom. The average molecular weight is 336 g/mol. The van der Waals surface area contributed by atoms with Crippen molar-refractivity contribution in [3.05, 3.63) is 35.4 Å². The number of hydrogen-bond acceptors (Lipinski definition) is 4. The molecule has 0 bridgehead atoms. The topological polar surface area (TPSA) is 72.8 Å². The second-order valence-corrected chi connectivity index (χ2v) is 7.72. The number of benzene rings is 1. The molecule has 0 heterocycles. The highest BCUT2D eigenvalue weighted by atomic mass is 31.2. The van der Waals surface area contributed by atoms with Crippen LogP contribution in [0.15, 0.2) is 24.3 Å². The van der Waals surface area contributed by atoms with E-state index in [2.05, 4.69) is 9.26 Å². The van der Waals surface area contributed by atoms with E-state index in [0.29, 0.717) is 0 Å². The molecule has 0 saturated heterocycles. The zero-order valence-electron chi connectivity index (χ0n) is 12.8. The van der Waals surface area contributed by atoms with E-state index < -0.39 is 37.0 Å². The zero-order valence-corrected chi connectivity index (χ0v) is 13.7. The van der Waals surface area contributed by atoms with E-state index >= 15 is 0 Å². The lowest BCUT2D eigenvalue weighted by atomic mass is 9.98. The molecule has 5 nitrogen and oxygen atoms in total. The van der Waals surface area contributed by atoms with Crippen molar-refractivity contribution in [3.63, 3.8) is 0 Å². The highest BCUT2D eigenvalue weighted by molar-refractivity contribution is 7.53. The lowest BCUT2D eigenvalue weighted by Crippen LogP contribution is -2.24. The fourth-order valence-electron chi connectivity index (χ4n) is 1.37. The Bertz CT molecular complexity index is 578. The maximum Gasteiger partial charge on any atom is 0.404 e. The molecule has 0 amide bonds. The monoisotopic (exact) mass is 336 g/mol. The zero-order chi connectivity index (χ0) is 17.2. The van der Waals surface area contributed by atoms with Crippen LogP contribution in [0.4, 0.5) is 8.78 Å². The predicted octanol–water partition coefficient (Wildman–Crippen LogP) is 3.79. The maximum atomic E-state index is 14.0. The molecular formula is C14H19F2O5P. The lowest BCUT2D eigenvalue weighted by molar-refractivity contribution is -0.160. The van der Waals surface area contributed by atoms with Gasteiger partial charge in [0, 0.05) is 5.56 Å². The molecule has 1 rings (SSSR count). The van der Waals surface area contributed by atoms with Crippen LogP contribution in [0.5, 0.6) is 0 Å². The summed E-state index contributed by atoms with van der Waals surface area (Å²) in [5, 5.41) is 0. The fourth-order valence-corrected chi connectivity index (χ4v) is 2.20. The second kappa shape index (κ2) is 6.44. The molecule has 0 saturated carbocycles. The SMILES string of the molecule is Cc1ccc(C(F)(F)P(=O)(O)OCOC(=O)C(C)(C)C)cc1. The van der Waals surface area contributed by atoms with E-state index in [0.717, 1.165) is 17.7 Å². The molecule has 1 unspecified atom stereocenters. The van der Waals surface area contributed by atoms with E-state index in [4.69, 9.17) is 0 Å². The molecule has 124 valence electrons. The third-order valence-electron chi connectivity index (χ3n) is 2.78. The first-order valence-electron chi connectivity index (χ1n) is 6.47. The number of rotatable bonds is 5. The highest BCUT2D eigenvalue weighted by Crippen LogP contribution is 2.63. The van der Waals surface area contributed by atoms with Gasteiger partial charge in [-0.25, -0.2) is 0 Å². The predicted molar refractivity (Wildman–Crippen MR) is 76.4 cm³/mol. The largest absolute Gasteiger partial charge is 0.438 e. The average Bonchev–Trinajstić information content (AvgIpc) is 2.37. The van der Waals surface area contributed by atoms with Crippen LogP contribution in [0.1, 0.15) is 31.9 Å². The molecule has 0 radical (unpaired) electrons. The van der Waals surface area contributed by atoms with E-state index in [9.17, 15) is 23.0 Å². The van der Waals surface area contributed by atoms with Crippen LogP contribution < -0.4 is 0 Å². The van der Waals surface area contributed by atoms with Crippen molar-refractivity contribution in [2.45, 2.75) is 33.4 Å². The minimum Gasteiger partial charge on any atom is -0.438 e. The van der Waals surface area contributed by atoms with Crippen molar-refractivity contribution in [2.24, 2.45) is 5.41 Å². The summed E-state index contributed by atoms with van der Waals surface area (Å²) >= 11 is 0. The van der Waals surface area contributed by atoms with Crippen molar-refractivity contribution in [1.82, 2.24) is 0 Å². The number of halogens is 2. The van der Waals surface area contributed by atoms with Crippen LogP contribution in [-0.2, 0) is 24.3 Å². The minimum atomic E-state index is -5.35. The quantitative estimate of drug-likeness (QED) is 0.503. The number of carbonyl (C=O) groups excluding carboxylic acids is 1. The highest BCUT2D eigenvalue weighted by Gasteiger charge is 2.53. The Balaban J connectivity index is 2.78. The molecule has 1 aromatic carbocycles. The first-order valence-corrected chi connectivity index (χ1v) is 8.05. The minimum absolute atomic E-state index is 0.647. The van der Waals surface area contributed by atoms with Gasteiger partial charge in [-0.05, 0) is 27.7 Å². The van der Waals surface area contributed by atoms with Gasteiger partial charge in [0.25, 0.3) is 0 Å². The smallest absolute Gasteiger partial charge is 0.404 e. The number of alkyl halides is 2. The van der Waals surface area contributed by atoms with E-state index in [-0.39, 0.29) is 0 Å². The third kappa shape index (κ3) is 4.35. The normalized spacial score (nSPS) is 15.2. The summed E-state index contributed by atoms with van der Waals surface area (Å²) in [5.74, 6) is -0.730. The molecule has 8 heteroatoms. The van der Waals surface area contributed by atoms with Gasteiger partial charge in [-0.3, -0.25) is 13.9 Å².